The molecule has 1 aromatic carbocycles. The van der Waals surface area contributed by atoms with Crippen molar-refractivity contribution in [3.8, 4) is 0 Å². The number of aryl methyl sites for hydroxylation is 1. The number of carboxylic acids is 2. The molecule has 2 rings (SSSR count). The van der Waals surface area contributed by atoms with Crippen LogP contribution in [0.25, 0.3) is 5.57 Å². The van der Waals surface area contributed by atoms with Gasteiger partial charge < -0.3 is 10.2 Å². The van der Waals surface area contributed by atoms with Gasteiger partial charge in [0.2, 0.25) is 0 Å². The summed E-state index contributed by atoms with van der Waals surface area (Å²) in [6, 6.07) is 7.76. The van der Waals surface area contributed by atoms with E-state index < -0.39 is 17.4 Å². The highest BCUT2D eigenvalue weighted by Gasteiger charge is 2.46. The van der Waals surface area contributed by atoms with E-state index in [1.54, 1.807) is 13.0 Å². The summed E-state index contributed by atoms with van der Waals surface area (Å²) in [4.78, 5) is 22.6. The van der Waals surface area contributed by atoms with Gasteiger partial charge in [-0.05, 0) is 37.0 Å². The first-order chi connectivity index (χ1) is 9.38. The second-order valence-electron chi connectivity index (χ2n) is 5.10. The summed E-state index contributed by atoms with van der Waals surface area (Å²) in [5.41, 5.74) is 1.90. The second-order valence-corrected chi connectivity index (χ2v) is 5.10. The van der Waals surface area contributed by atoms with Crippen LogP contribution in [0.5, 0.6) is 0 Å². The fraction of sp³-hybridized carbons (Fsp3) is 0.250. The highest BCUT2D eigenvalue weighted by Crippen LogP contribution is 2.39. The largest absolute Gasteiger partial charge is 0.480 e. The van der Waals surface area contributed by atoms with Gasteiger partial charge in [0.05, 0.1) is 0 Å². The highest BCUT2D eigenvalue weighted by atomic mass is 16.4. The fourth-order valence-electron chi connectivity index (χ4n) is 2.52. The molecule has 1 aliphatic carbocycles. The molecule has 2 N–H and O–H groups in total. The second kappa shape index (κ2) is 4.96. The van der Waals surface area contributed by atoms with Gasteiger partial charge in [0.1, 0.15) is 0 Å². The molecule has 0 aromatic heterocycles. The first-order valence-electron chi connectivity index (χ1n) is 6.30. The molecule has 0 spiro atoms. The predicted octanol–water partition coefficient (Wildman–Crippen LogP) is 2.88. The number of carboxylic acid groups (broad SMARTS) is 2. The summed E-state index contributed by atoms with van der Waals surface area (Å²) in [6.45, 7) is 3.76. The molecule has 0 radical (unpaired) electrons. The van der Waals surface area contributed by atoms with Crippen molar-refractivity contribution in [1.82, 2.24) is 0 Å². The molecule has 1 aliphatic rings. The SMILES string of the molecule is CC1=C(c2ccccc2C)C=CC(C(=O)O)(C(=O)O)C1. The number of rotatable bonds is 3. The zero-order valence-electron chi connectivity index (χ0n) is 11.4. The van der Waals surface area contributed by atoms with Crippen molar-refractivity contribution in [3.05, 3.63) is 53.1 Å². The zero-order chi connectivity index (χ0) is 14.9. The molecular weight excluding hydrogens is 256 g/mol. The Labute approximate surface area is 117 Å². The maximum atomic E-state index is 11.3. The molecule has 0 unspecified atom stereocenters. The van der Waals surface area contributed by atoms with E-state index in [4.69, 9.17) is 0 Å². The van der Waals surface area contributed by atoms with Crippen molar-refractivity contribution >= 4 is 17.5 Å². The first-order valence-corrected chi connectivity index (χ1v) is 6.30. The molecule has 104 valence electrons. The van der Waals surface area contributed by atoms with Gasteiger partial charge in [-0.15, -0.1) is 0 Å². The average molecular weight is 272 g/mol. The number of hydrogen-bond donors (Lipinski definition) is 2. The number of carbonyl (C=O) groups is 2. The normalized spacial score (nSPS) is 17.1. The standard InChI is InChI=1S/C16H16O4/c1-10-5-3-4-6-12(10)13-7-8-16(14(17)18,15(19)20)9-11(13)2/h3-8H,9H2,1-2H3,(H,17,18)(H,19,20). The minimum atomic E-state index is -1.85. The number of aliphatic carboxylic acids is 2. The Balaban J connectivity index is 2.48. The molecule has 0 heterocycles. The molecule has 1 aromatic rings. The van der Waals surface area contributed by atoms with Crippen LogP contribution in [-0.2, 0) is 9.59 Å². The molecule has 20 heavy (non-hydrogen) atoms. The Morgan fingerprint density at radius 1 is 1.10 bits per heavy atom. The molecule has 0 aliphatic heterocycles. The van der Waals surface area contributed by atoms with E-state index in [0.717, 1.165) is 22.3 Å². The van der Waals surface area contributed by atoms with Gasteiger partial charge in [-0.1, -0.05) is 42.0 Å². The van der Waals surface area contributed by atoms with Crippen LogP contribution in [0.15, 0.2) is 42.0 Å². The van der Waals surface area contributed by atoms with E-state index in [2.05, 4.69) is 0 Å². The van der Waals surface area contributed by atoms with Gasteiger partial charge in [0.25, 0.3) is 0 Å². The Kier molecular flexibility index (Phi) is 3.49. The number of hydrogen-bond acceptors (Lipinski definition) is 2. The van der Waals surface area contributed by atoms with Crippen molar-refractivity contribution in [1.29, 1.82) is 0 Å². The Morgan fingerprint density at radius 3 is 2.20 bits per heavy atom. The van der Waals surface area contributed by atoms with E-state index >= 15 is 0 Å². The summed E-state index contributed by atoms with van der Waals surface area (Å²) >= 11 is 0. The van der Waals surface area contributed by atoms with Gasteiger partial charge in [0, 0.05) is 0 Å². The third-order valence-electron chi connectivity index (χ3n) is 3.74. The van der Waals surface area contributed by atoms with E-state index in [9.17, 15) is 19.8 Å². The van der Waals surface area contributed by atoms with Gasteiger partial charge in [0.15, 0.2) is 5.41 Å². The Hall–Kier alpha value is -2.36. The average Bonchev–Trinajstić information content (AvgIpc) is 2.39. The molecule has 0 amide bonds. The van der Waals surface area contributed by atoms with Crippen LogP contribution in [0.3, 0.4) is 0 Å². The quantitative estimate of drug-likeness (QED) is 0.830. The number of allylic oxidation sites excluding steroid dienone is 3. The first kappa shape index (κ1) is 14.1. The summed E-state index contributed by atoms with van der Waals surface area (Å²) in [5.74, 6) is -2.66. The van der Waals surface area contributed by atoms with Crippen LogP contribution >= 0.6 is 0 Å². The lowest BCUT2D eigenvalue weighted by molar-refractivity contribution is -0.160. The maximum Gasteiger partial charge on any atom is 0.325 e. The molecule has 4 heteroatoms. The Bertz CT molecular complexity index is 624. The lowest BCUT2D eigenvalue weighted by Gasteiger charge is -2.27. The van der Waals surface area contributed by atoms with Crippen LogP contribution in [0.4, 0.5) is 0 Å². The third kappa shape index (κ3) is 2.13. The molecular formula is C16H16O4. The fourth-order valence-corrected chi connectivity index (χ4v) is 2.52. The van der Waals surface area contributed by atoms with Crippen molar-refractivity contribution in [2.75, 3.05) is 0 Å². The molecule has 0 saturated carbocycles. The summed E-state index contributed by atoms with van der Waals surface area (Å²) in [7, 11) is 0. The van der Waals surface area contributed by atoms with E-state index in [1.807, 2.05) is 31.2 Å². The summed E-state index contributed by atoms with van der Waals surface area (Å²) < 4.78 is 0. The van der Waals surface area contributed by atoms with Crippen molar-refractivity contribution in [3.63, 3.8) is 0 Å². The van der Waals surface area contributed by atoms with Crippen LogP contribution in [0.1, 0.15) is 24.5 Å². The lowest BCUT2D eigenvalue weighted by atomic mass is 9.75. The predicted molar refractivity (Wildman–Crippen MR) is 75.2 cm³/mol. The maximum absolute atomic E-state index is 11.3. The zero-order valence-corrected chi connectivity index (χ0v) is 11.4. The smallest absolute Gasteiger partial charge is 0.325 e. The third-order valence-corrected chi connectivity index (χ3v) is 3.74. The van der Waals surface area contributed by atoms with Gasteiger partial charge in [-0.2, -0.15) is 0 Å². The number of benzene rings is 1. The van der Waals surface area contributed by atoms with Gasteiger partial charge in [-0.25, -0.2) is 0 Å². The van der Waals surface area contributed by atoms with E-state index in [1.165, 1.54) is 6.08 Å². The monoisotopic (exact) mass is 272 g/mol. The van der Waals surface area contributed by atoms with Gasteiger partial charge in [-0.3, -0.25) is 9.59 Å². The van der Waals surface area contributed by atoms with Crippen molar-refractivity contribution in [2.24, 2.45) is 5.41 Å². The molecule has 0 saturated heterocycles. The van der Waals surface area contributed by atoms with E-state index in [0.29, 0.717) is 0 Å². The van der Waals surface area contributed by atoms with Crippen LogP contribution in [0.2, 0.25) is 0 Å². The van der Waals surface area contributed by atoms with Crippen LogP contribution in [-0.4, -0.2) is 22.2 Å². The summed E-state index contributed by atoms with van der Waals surface area (Å²) in [5, 5.41) is 18.5. The van der Waals surface area contributed by atoms with Crippen molar-refractivity contribution in [2.45, 2.75) is 20.3 Å². The molecule has 0 fully saturated rings. The Morgan fingerprint density at radius 2 is 1.70 bits per heavy atom. The van der Waals surface area contributed by atoms with Crippen LogP contribution < -0.4 is 0 Å². The topological polar surface area (TPSA) is 74.6 Å². The summed E-state index contributed by atoms with van der Waals surface area (Å²) in [6.07, 6.45) is 2.88. The molecule has 0 bridgehead atoms. The lowest BCUT2D eigenvalue weighted by Crippen LogP contribution is -2.39. The molecule has 4 nitrogen and oxygen atoms in total. The van der Waals surface area contributed by atoms with E-state index in [-0.39, 0.29) is 6.42 Å². The minimum absolute atomic E-state index is 0.0160. The highest BCUT2D eigenvalue weighted by molar-refractivity contribution is 6.02. The minimum Gasteiger partial charge on any atom is -0.480 e. The van der Waals surface area contributed by atoms with Gasteiger partial charge >= 0.3 is 11.9 Å². The molecule has 0 atom stereocenters. The van der Waals surface area contributed by atoms with Crippen LogP contribution in [0, 0.1) is 12.3 Å². The van der Waals surface area contributed by atoms with Crippen molar-refractivity contribution < 1.29 is 19.8 Å².